The van der Waals surface area contributed by atoms with E-state index in [1.165, 1.54) is 0 Å². The fourth-order valence-electron chi connectivity index (χ4n) is 1.57. The van der Waals surface area contributed by atoms with E-state index in [0.29, 0.717) is 12.2 Å². The molecule has 0 saturated heterocycles. The lowest BCUT2D eigenvalue weighted by molar-refractivity contribution is 0.0575. The van der Waals surface area contributed by atoms with Crippen molar-refractivity contribution in [3.63, 3.8) is 0 Å². The molecule has 0 fully saturated rings. The van der Waals surface area contributed by atoms with Gasteiger partial charge in [-0.2, -0.15) is 0 Å². The van der Waals surface area contributed by atoms with Gasteiger partial charge in [-0.15, -0.1) is 0 Å². The molecular formula is C15H12Br2O2. The summed E-state index contributed by atoms with van der Waals surface area (Å²) in [6.07, 6.45) is 0. The summed E-state index contributed by atoms with van der Waals surface area (Å²) in [7, 11) is 0. The second kappa shape index (κ2) is 6.46. The Kier molecular flexibility index (Phi) is 4.91. The third-order valence-electron chi connectivity index (χ3n) is 2.56. The molecule has 2 aromatic rings. The molecule has 19 heavy (non-hydrogen) atoms. The van der Waals surface area contributed by atoms with E-state index in [-0.39, 0.29) is 5.78 Å². The van der Waals surface area contributed by atoms with Gasteiger partial charge >= 0.3 is 0 Å². The van der Waals surface area contributed by atoms with Gasteiger partial charge in [0.1, 0.15) is 0 Å². The lowest BCUT2D eigenvalue weighted by atomic mass is 10.1. The highest BCUT2D eigenvalue weighted by Crippen LogP contribution is 2.33. The van der Waals surface area contributed by atoms with E-state index in [9.17, 15) is 4.79 Å². The Bertz CT molecular complexity index is 539. The summed E-state index contributed by atoms with van der Waals surface area (Å²) < 4.78 is 4.42. The molecule has 2 aromatic carbocycles. The van der Waals surface area contributed by atoms with Crippen LogP contribution in [-0.2, 0) is 11.3 Å². The highest BCUT2D eigenvalue weighted by atomic mass is 79.9. The van der Waals surface area contributed by atoms with Crippen LogP contribution in [0.25, 0.3) is 0 Å². The van der Waals surface area contributed by atoms with Crippen LogP contribution in [0.1, 0.15) is 15.9 Å². The third kappa shape index (κ3) is 4.00. The Hall–Kier alpha value is -0.970. The first-order valence-corrected chi connectivity index (χ1v) is 7.34. The normalized spacial score (nSPS) is 11.3. The largest absolute Gasteiger partial charge is 0.343 e. The molecule has 2 nitrogen and oxygen atoms in total. The molecular weight excluding hydrogens is 372 g/mol. The lowest BCUT2D eigenvalue weighted by Gasteiger charge is -2.20. The molecule has 2 rings (SSSR count). The van der Waals surface area contributed by atoms with Crippen molar-refractivity contribution in [3.05, 3.63) is 71.8 Å². The van der Waals surface area contributed by atoms with Gasteiger partial charge in [0.25, 0.3) is 0 Å². The molecule has 0 spiro atoms. The number of hydrogen-bond acceptors (Lipinski definition) is 2. The van der Waals surface area contributed by atoms with Crippen molar-refractivity contribution < 1.29 is 9.53 Å². The average Bonchev–Trinajstić information content (AvgIpc) is 2.46. The summed E-state index contributed by atoms with van der Waals surface area (Å²) in [5, 5.41) is 0. The number of Topliss-reactive ketones (excluding diaryl/α,β-unsaturated/α-hetero) is 1. The first-order chi connectivity index (χ1) is 9.09. The molecule has 0 atom stereocenters. The maximum atomic E-state index is 12.3. The fraction of sp³-hybridized carbons (Fsp3) is 0.133. The van der Waals surface area contributed by atoms with E-state index in [2.05, 4.69) is 31.9 Å². The molecule has 0 radical (unpaired) electrons. The van der Waals surface area contributed by atoms with Gasteiger partial charge in [0.2, 0.25) is 9.20 Å². The van der Waals surface area contributed by atoms with Crippen LogP contribution in [0.4, 0.5) is 0 Å². The highest BCUT2D eigenvalue weighted by molar-refractivity contribution is 9.25. The Balaban J connectivity index is 2.04. The molecule has 4 heteroatoms. The van der Waals surface area contributed by atoms with E-state index in [1.54, 1.807) is 12.1 Å². The highest BCUT2D eigenvalue weighted by Gasteiger charge is 2.34. The summed E-state index contributed by atoms with van der Waals surface area (Å²) >= 11 is 6.57. The number of alkyl halides is 2. The second-order valence-corrected chi connectivity index (χ2v) is 7.28. The predicted molar refractivity (Wildman–Crippen MR) is 82.6 cm³/mol. The van der Waals surface area contributed by atoms with Gasteiger partial charge in [-0.25, -0.2) is 0 Å². The number of ketones is 1. The third-order valence-corrected chi connectivity index (χ3v) is 3.74. The minimum Gasteiger partial charge on any atom is -0.343 e. The molecule has 98 valence electrons. The molecule has 0 heterocycles. The number of halogens is 2. The smallest absolute Gasteiger partial charge is 0.241 e. The average molecular weight is 384 g/mol. The van der Waals surface area contributed by atoms with Crippen molar-refractivity contribution in [1.29, 1.82) is 0 Å². The Morgan fingerprint density at radius 2 is 1.47 bits per heavy atom. The van der Waals surface area contributed by atoms with Crippen molar-refractivity contribution in [2.45, 2.75) is 10.0 Å². The maximum absolute atomic E-state index is 12.3. The number of ether oxygens (including phenoxy) is 1. The van der Waals surface area contributed by atoms with E-state index in [1.807, 2.05) is 48.5 Å². The number of rotatable bonds is 5. The molecule has 0 aliphatic rings. The van der Waals surface area contributed by atoms with Crippen LogP contribution in [0.2, 0.25) is 0 Å². The van der Waals surface area contributed by atoms with Crippen LogP contribution < -0.4 is 0 Å². The second-order valence-electron chi connectivity index (χ2n) is 3.99. The minimum atomic E-state index is -1.20. The summed E-state index contributed by atoms with van der Waals surface area (Å²) in [5.41, 5.74) is 1.59. The van der Waals surface area contributed by atoms with Gasteiger partial charge < -0.3 is 4.74 Å². The number of carbonyl (C=O) groups is 1. The first kappa shape index (κ1) is 14.4. The van der Waals surface area contributed by atoms with Crippen LogP contribution in [-0.4, -0.2) is 9.20 Å². The number of carbonyl (C=O) groups excluding carboxylic acids is 1. The molecule has 0 amide bonds. The Morgan fingerprint density at radius 1 is 0.947 bits per heavy atom. The molecule has 0 unspecified atom stereocenters. The van der Waals surface area contributed by atoms with Crippen molar-refractivity contribution in [1.82, 2.24) is 0 Å². The monoisotopic (exact) mass is 382 g/mol. The zero-order valence-corrected chi connectivity index (χ0v) is 13.2. The molecule has 0 N–H and O–H groups in total. The van der Waals surface area contributed by atoms with Crippen LogP contribution in [0.3, 0.4) is 0 Å². The van der Waals surface area contributed by atoms with Crippen LogP contribution in [0.15, 0.2) is 60.7 Å². The number of benzene rings is 2. The van der Waals surface area contributed by atoms with E-state index < -0.39 is 3.42 Å². The number of hydrogen-bond donors (Lipinski definition) is 0. The SMILES string of the molecule is O=C(c1ccccc1)C(Br)(Br)OCc1ccccc1. The van der Waals surface area contributed by atoms with Crippen LogP contribution in [0.5, 0.6) is 0 Å². The van der Waals surface area contributed by atoms with Gasteiger partial charge in [-0.3, -0.25) is 4.79 Å². The lowest BCUT2D eigenvalue weighted by Crippen LogP contribution is -2.28. The Labute approximate surface area is 129 Å². The Morgan fingerprint density at radius 3 is 2.05 bits per heavy atom. The van der Waals surface area contributed by atoms with Crippen molar-refractivity contribution in [2.24, 2.45) is 0 Å². The topological polar surface area (TPSA) is 26.3 Å². The summed E-state index contributed by atoms with van der Waals surface area (Å²) in [6, 6.07) is 18.7. The van der Waals surface area contributed by atoms with Crippen molar-refractivity contribution >= 4 is 37.6 Å². The fourth-order valence-corrected chi connectivity index (χ4v) is 2.26. The van der Waals surface area contributed by atoms with Crippen molar-refractivity contribution in [3.8, 4) is 0 Å². The zero-order chi connectivity index (χ0) is 13.7. The molecule has 0 aliphatic carbocycles. The van der Waals surface area contributed by atoms with Gasteiger partial charge in [0.05, 0.1) is 6.61 Å². The molecule has 0 bridgehead atoms. The molecule has 0 aliphatic heterocycles. The van der Waals surface area contributed by atoms with Gasteiger partial charge in [-0.05, 0) is 37.4 Å². The van der Waals surface area contributed by atoms with Gasteiger partial charge in [-0.1, -0.05) is 60.7 Å². The first-order valence-electron chi connectivity index (χ1n) is 5.75. The van der Waals surface area contributed by atoms with Crippen LogP contribution in [0, 0.1) is 0 Å². The molecule has 0 saturated carbocycles. The quantitative estimate of drug-likeness (QED) is 0.560. The summed E-state index contributed by atoms with van der Waals surface area (Å²) in [5.74, 6) is -0.163. The molecule has 0 aromatic heterocycles. The van der Waals surface area contributed by atoms with E-state index in [4.69, 9.17) is 4.74 Å². The van der Waals surface area contributed by atoms with Gasteiger partial charge in [0.15, 0.2) is 0 Å². The summed E-state index contributed by atoms with van der Waals surface area (Å²) in [4.78, 5) is 12.3. The maximum Gasteiger partial charge on any atom is 0.241 e. The van der Waals surface area contributed by atoms with Crippen molar-refractivity contribution in [2.75, 3.05) is 0 Å². The minimum absolute atomic E-state index is 0.163. The van der Waals surface area contributed by atoms with E-state index in [0.717, 1.165) is 5.56 Å². The predicted octanol–water partition coefficient (Wildman–Crippen LogP) is 4.53. The van der Waals surface area contributed by atoms with Gasteiger partial charge in [0, 0.05) is 5.56 Å². The summed E-state index contributed by atoms with van der Waals surface area (Å²) in [6.45, 7) is 0.343. The zero-order valence-electron chi connectivity index (χ0n) is 10.1. The standard InChI is InChI=1S/C15H12Br2O2/c16-15(17,14(18)13-9-5-2-6-10-13)19-11-12-7-3-1-4-8-12/h1-10H,11H2. The van der Waals surface area contributed by atoms with E-state index >= 15 is 0 Å². The van der Waals surface area contributed by atoms with Crippen LogP contribution >= 0.6 is 31.9 Å².